The van der Waals surface area contributed by atoms with Crippen LogP contribution in [0, 0.1) is 6.92 Å². The third-order valence-electron chi connectivity index (χ3n) is 5.32. The van der Waals surface area contributed by atoms with Crippen molar-refractivity contribution in [3.05, 3.63) is 54.0 Å². The summed E-state index contributed by atoms with van der Waals surface area (Å²) in [6.45, 7) is 4.29. The van der Waals surface area contributed by atoms with Crippen LogP contribution in [0.15, 0.2) is 47.1 Å². The Kier molecular flexibility index (Phi) is 4.53. The van der Waals surface area contributed by atoms with E-state index >= 15 is 0 Å². The second-order valence-corrected chi connectivity index (χ2v) is 7.09. The number of carbonyl (C=O) groups is 3. The number of amides is 3. The van der Waals surface area contributed by atoms with Crippen LogP contribution in [-0.2, 0) is 9.59 Å². The summed E-state index contributed by atoms with van der Waals surface area (Å²) in [4.78, 5) is 41.9. The largest absolute Gasteiger partial charge is 0.459 e. The average Bonchev–Trinajstić information content (AvgIpc) is 3.30. The van der Waals surface area contributed by atoms with E-state index in [0.717, 1.165) is 10.5 Å². The van der Waals surface area contributed by atoms with Crippen LogP contribution in [0.1, 0.15) is 22.5 Å². The Morgan fingerprint density at radius 2 is 1.93 bits per heavy atom. The summed E-state index contributed by atoms with van der Waals surface area (Å²) in [6, 6.07) is 10.4. The van der Waals surface area contributed by atoms with Gasteiger partial charge in [-0.15, -0.1) is 0 Å². The lowest BCUT2D eigenvalue weighted by Gasteiger charge is -2.34. The quantitative estimate of drug-likeness (QED) is 0.789. The lowest BCUT2D eigenvalue weighted by Crippen LogP contribution is -3.19. The van der Waals surface area contributed by atoms with Gasteiger partial charge in [0.05, 0.1) is 44.6 Å². The maximum Gasteiger partial charge on any atom is 0.292 e. The summed E-state index contributed by atoms with van der Waals surface area (Å²) in [5.41, 5.74) is 1.65. The smallest absolute Gasteiger partial charge is 0.292 e. The number of rotatable bonds is 3. The normalized spacial score (nSPS) is 21.1. The highest BCUT2D eigenvalue weighted by molar-refractivity contribution is 6.21. The molecule has 2 saturated heterocycles. The molecule has 2 aromatic rings. The molecule has 2 aliphatic rings. The van der Waals surface area contributed by atoms with Gasteiger partial charge >= 0.3 is 0 Å². The van der Waals surface area contributed by atoms with Crippen LogP contribution in [0.4, 0.5) is 5.69 Å². The van der Waals surface area contributed by atoms with E-state index in [0.29, 0.717) is 37.6 Å². The molecule has 0 aliphatic carbocycles. The lowest BCUT2D eigenvalue weighted by atomic mass is 10.1. The number of furan rings is 1. The number of imide groups is 1. The molecule has 2 aliphatic heterocycles. The number of carbonyl (C=O) groups excluding carboxylic acids is 3. The SMILES string of the molecule is Cc1cccc(N2C(=O)C[C@H]([NH+]3CCN(C(=O)c4ccco4)CC3)C2=O)c1. The summed E-state index contributed by atoms with van der Waals surface area (Å²) in [7, 11) is 0. The van der Waals surface area contributed by atoms with E-state index in [2.05, 4.69) is 0 Å². The van der Waals surface area contributed by atoms with Crippen molar-refractivity contribution in [1.82, 2.24) is 4.90 Å². The Hall–Kier alpha value is -2.93. The topological polar surface area (TPSA) is 75.3 Å². The van der Waals surface area contributed by atoms with Gasteiger partial charge in [0.15, 0.2) is 11.8 Å². The van der Waals surface area contributed by atoms with E-state index in [9.17, 15) is 14.4 Å². The number of benzene rings is 1. The molecule has 0 radical (unpaired) electrons. The zero-order valence-corrected chi connectivity index (χ0v) is 15.2. The van der Waals surface area contributed by atoms with Crippen molar-refractivity contribution in [2.75, 3.05) is 31.1 Å². The van der Waals surface area contributed by atoms with Crippen molar-refractivity contribution in [2.45, 2.75) is 19.4 Å². The maximum absolute atomic E-state index is 12.9. The van der Waals surface area contributed by atoms with Gasteiger partial charge in [0.1, 0.15) is 0 Å². The highest BCUT2D eigenvalue weighted by Crippen LogP contribution is 2.23. The summed E-state index contributed by atoms with van der Waals surface area (Å²) < 4.78 is 5.18. The van der Waals surface area contributed by atoms with E-state index in [1.54, 1.807) is 23.1 Å². The molecular formula is C20H22N3O4+. The van der Waals surface area contributed by atoms with Crippen LogP contribution in [0.25, 0.3) is 0 Å². The first kappa shape index (κ1) is 17.5. The van der Waals surface area contributed by atoms with Gasteiger partial charge in [-0.2, -0.15) is 0 Å². The molecule has 27 heavy (non-hydrogen) atoms. The zero-order chi connectivity index (χ0) is 19.0. The molecule has 1 N–H and O–H groups in total. The Morgan fingerprint density at radius 3 is 2.59 bits per heavy atom. The number of piperazine rings is 1. The molecule has 1 aromatic heterocycles. The van der Waals surface area contributed by atoms with Crippen LogP contribution < -0.4 is 9.80 Å². The Morgan fingerprint density at radius 1 is 1.15 bits per heavy atom. The van der Waals surface area contributed by atoms with E-state index in [4.69, 9.17) is 4.42 Å². The molecule has 3 heterocycles. The molecule has 2 fully saturated rings. The minimum atomic E-state index is -0.376. The number of quaternary nitrogens is 1. The van der Waals surface area contributed by atoms with Gasteiger partial charge in [0.25, 0.3) is 11.8 Å². The summed E-state index contributed by atoms with van der Waals surface area (Å²) in [6.07, 6.45) is 1.70. The van der Waals surface area contributed by atoms with Crippen molar-refractivity contribution in [3.8, 4) is 0 Å². The van der Waals surface area contributed by atoms with E-state index in [1.807, 2.05) is 25.1 Å². The monoisotopic (exact) mass is 368 g/mol. The molecule has 7 heteroatoms. The van der Waals surface area contributed by atoms with Crippen LogP contribution >= 0.6 is 0 Å². The second kappa shape index (κ2) is 7.00. The van der Waals surface area contributed by atoms with Crippen molar-refractivity contribution in [1.29, 1.82) is 0 Å². The number of nitrogens with one attached hydrogen (secondary N) is 1. The number of hydrogen-bond acceptors (Lipinski definition) is 4. The van der Waals surface area contributed by atoms with Crippen molar-refractivity contribution in [3.63, 3.8) is 0 Å². The van der Waals surface area contributed by atoms with Gasteiger partial charge in [-0.1, -0.05) is 12.1 Å². The number of aryl methyl sites for hydroxylation is 1. The standard InChI is InChI=1S/C20H21N3O4/c1-14-4-2-5-15(12-14)23-18(24)13-16(19(23)25)21-7-9-22(10-8-21)20(26)17-6-3-11-27-17/h2-6,11-12,16H,7-10,13H2,1H3/p+1/t16-/m0/s1. The van der Waals surface area contributed by atoms with Gasteiger partial charge in [0.2, 0.25) is 5.91 Å². The van der Waals surface area contributed by atoms with Crippen LogP contribution in [0.5, 0.6) is 0 Å². The third kappa shape index (κ3) is 3.26. The minimum Gasteiger partial charge on any atom is -0.459 e. The molecule has 140 valence electrons. The summed E-state index contributed by atoms with van der Waals surface area (Å²) in [5, 5.41) is 0. The summed E-state index contributed by atoms with van der Waals surface area (Å²) in [5.74, 6) is -0.103. The number of nitrogens with zero attached hydrogens (tertiary/aromatic N) is 2. The molecule has 1 aromatic carbocycles. The Labute approximate surface area is 157 Å². The fourth-order valence-electron chi connectivity index (χ4n) is 3.89. The molecule has 0 bridgehead atoms. The minimum absolute atomic E-state index is 0.130. The lowest BCUT2D eigenvalue weighted by molar-refractivity contribution is -0.918. The predicted octanol–water partition coefficient (Wildman–Crippen LogP) is 0.261. The van der Waals surface area contributed by atoms with Crippen LogP contribution in [-0.4, -0.2) is 54.8 Å². The Balaban J connectivity index is 1.42. The first-order valence-electron chi connectivity index (χ1n) is 9.15. The highest BCUT2D eigenvalue weighted by atomic mass is 16.3. The third-order valence-corrected chi connectivity index (χ3v) is 5.32. The predicted molar refractivity (Wildman–Crippen MR) is 97.4 cm³/mol. The van der Waals surface area contributed by atoms with Gasteiger partial charge in [0, 0.05) is 0 Å². The molecule has 3 amide bonds. The molecule has 7 nitrogen and oxygen atoms in total. The number of anilines is 1. The van der Waals surface area contributed by atoms with Crippen molar-refractivity contribution < 1.29 is 23.7 Å². The number of hydrogen-bond donors (Lipinski definition) is 1. The molecule has 4 rings (SSSR count). The molecule has 0 unspecified atom stereocenters. The van der Waals surface area contributed by atoms with Gasteiger partial charge < -0.3 is 14.2 Å². The highest BCUT2D eigenvalue weighted by Gasteiger charge is 2.46. The fourth-order valence-corrected chi connectivity index (χ4v) is 3.89. The zero-order valence-electron chi connectivity index (χ0n) is 15.2. The average molecular weight is 368 g/mol. The van der Waals surface area contributed by atoms with E-state index in [-0.39, 0.29) is 30.2 Å². The summed E-state index contributed by atoms with van der Waals surface area (Å²) >= 11 is 0. The molecular weight excluding hydrogens is 346 g/mol. The van der Waals surface area contributed by atoms with Crippen LogP contribution in [0.3, 0.4) is 0 Å². The Bertz CT molecular complexity index is 869. The van der Waals surface area contributed by atoms with Crippen molar-refractivity contribution in [2.24, 2.45) is 0 Å². The first-order valence-corrected chi connectivity index (χ1v) is 9.15. The molecule has 1 atom stereocenters. The van der Waals surface area contributed by atoms with Gasteiger partial charge in [-0.25, -0.2) is 4.90 Å². The fraction of sp³-hybridized carbons (Fsp3) is 0.350. The van der Waals surface area contributed by atoms with E-state index in [1.165, 1.54) is 11.2 Å². The van der Waals surface area contributed by atoms with E-state index < -0.39 is 0 Å². The van der Waals surface area contributed by atoms with Gasteiger partial charge in [-0.05, 0) is 36.8 Å². The van der Waals surface area contributed by atoms with Crippen LogP contribution in [0.2, 0.25) is 0 Å². The van der Waals surface area contributed by atoms with Crippen molar-refractivity contribution >= 4 is 23.4 Å². The molecule has 0 spiro atoms. The maximum atomic E-state index is 12.9. The second-order valence-electron chi connectivity index (χ2n) is 7.09. The molecule has 0 saturated carbocycles. The van der Waals surface area contributed by atoms with Gasteiger partial charge in [-0.3, -0.25) is 14.4 Å². The first-order chi connectivity index (χ1) is 13.0.